The number of aliphatic carboxylic acids is 1. The summed E-state index contributed by atoms with van der Waals surface area (Å²) >= 11 is 6.14. The number of carboxylic acid groups (broad SMARTS) is 1. The number of carboxylic acids is 1. The van der Waals surface area contributed by atoms with E-state index in [1.165, 1.54) is 4.90 Å². The molecule has 1 aliphatic carbocycles. The lowest BCUT2D eigenvalue weighted by molar-refractivity contribution is -0.141. The molecule has 2 aromatic rings. The van der Waals surface area contributed by atoms with Gasteiger partial charge >= 0.3 is 5.97 Å². The first-order valence-corrected chi connectivity index (χ1v) is 9.26. The number of benzene rings is 1. The molecule has 1 aromatic carbocycles. The fourth-order valence-electron chi connectivity index (χ4n) is 4.39. The number of carbonyl (C=O) groups excluding carboxylic acids is 1. The molecule has 1 saturated carbocycles. The van der Waals surface area contributed by atoms with Crippen molar-refractivity contribution in [3.8, 4) is 0 Å². The maximum atomic E-state index is 13.6. The van der Waals surface area contributed by atoms with Gasteiger partial charge in [-0.2, -0.15) is 0 Å². The van der Waals surface area contributed by atoms with Gasteiger partial charge in [0.2, 0.25) is 5.92 Å². The Kier molecular flexibility index (Phi) is 4.18. The van der Waals surface area contributed by atoms with Crippen LogP contribution in [0.4, 0.5) is 8.78 Å². The highest BCUT2D eigenvalue weighted by Gasteiger charge is 2.53. The second-order valence-corrected chi connectivity index (χ2v) is 8.14. The standard InChI is InChI=1S/C19H19ClF2N2O3/c20-12-3-1-2-11-8-13(23-15(11)12)16(25)24-10-18(9-14(24)17(26)27)4-6-19(21,22)7-5-18/h1-3,8,14,23H,4-7,9-10H2,(H,26,27). The van der Waals surface area contributed by atoms with Gasteiger partial charge in [-0.15, -0.1) is 0 Å². The van der Waals surface area contributed by atoms with Crippen LogP contribution in [0, 0.1) is 5.41 Å². The number of rotatable bonds is 2. The van der Waals surface area contributed by atoms with Crippen LogP contribution < -0.4 is 0 Å². The molecule has 1 unspecified atom stereocenters. The number of hydrogen-bond acceptors (Lipinski definition) is 2. The van der Waals surface area contributed by atoms with Crippen LogP contribution in [0.5, 0.6) is 0 Å². The van der Waals surface area contributed by atoms with E-state index in [9.17, 15) is 23.5 Å². The van der Waals surface area contributed by atoms with Crippen LogP contribution in [-0.2, 0) is 4.79 Å². The van der Waals surface area contributed by atoms with Crippen molar-refractivity contribution < 1.29 is 23.5 Å². The van der Waals surface area contributed by atoms with E-state index >= 15 is 0 Å². The predicted octanol–water partition coefficient (Wildman–Crippen LogP) is 4.32. The molecule has 0 radical (unpaired) electrons. The third-order valence-electron chi connectivity index (χ3n) is 5.93. The Morgan fingerprint density at radius 1 is 1.22 bits per heavy atom. The number of aromatic nitrogens is 1. The lowest BCUT2D eigenvalue weighted by Gasteiger charge is -2.36. The molecule has 2 aliphatic rings. The molecule has 2 N–H and O–H groups in total. The number of alkyl halides is 2. The van der Waals surface area contributed by atoms with Gasteiger partial charge in [-0.05, 0) is 36.8 Å². The Hall–Kier alpha value is -2.15. The molecule has 1 saturated heterocycles. The second-order valence-electron chi connectivity index (χ2n) is 7.73. The van der Waals surface area contributed by atoms with E-state index in [-0.39, 0.29) is 44.3 Å². The van der Waals surface area contributed by atoms with Gasteiger partial charge in [0.1, 0.15) is 11.7 Å². The van der Waals surface area contributed by atoms with Crippen LogP contribution >= 0.6 is 11.6 Å². The quantitative estimate of drug-likeness (QED) is 0.794. The maximum Gasteiger partial charge on any atom is 0.326 e. The second kappa shape index (κ2) is 6.19. The number of fused-ring (bicyclic) bond motifs is 1. The minimum absolute atomic E-state index is 0.183. The summed E-state index contributed by atoms with van der Waals surface area (Å²) in [4.78, 5) is 29.1. The van der Waals surface area contributed by atoms with Gasteiger partial charge in [-0.25, -0.2) is 13.6 Å². The maximum absolute atomic E-state index is 13.6. The number of para-hydroxylation sites is 1. The normalized spacial score (nSPS) is 23.8. The van der Waals surface area contributed by atoms with Gasteiger partial charge in [0.05, 0.1) is 10.5 Å². The van der Waals surface area contributed by atoms with E-state index in [2.05, 4.69) is 4.98 Å². The van der Waals surface area contributed by atoms with E-state index in [1.54, 1.807) is 24.3 Å². The van der Waals surface area contributed by atoms with Crippen molar-refractivity contribution in [1.82, 2.24) is 9.88 Å². The first-order chi connectivity index (χ1) is 12.7. The van der Waals surface area contributed by atoms with Crippen LogP contribution in [0.1, 0.15) is 42.6 Å². The molecule has 1 aliphatic heterocycles. The molecule has 5 nitrogen and oxygen atoms in total. The molecule has 144 valence electrons. The van der Waals surface area contributed by atoms with E-state index in [0.29, 0.717) is 10.5 Å². The molecule has 4 rings (SSSR count). The number of likely N-dealkylation sites (tertiary alicyclic amines) is 1. The molecule has 27 heavy (non-hydrogen) atoms. The van der Waals surface area contributed by atoms with Crippen molar-refractivity contribution in [3.63, 3.8) is 0 Å². The minimum Gasteiger partial charge on any atom is -0.480 e. The van der Waals surface area contributed by atoms with Gasteiger partial charge < -0.3 is 15.0 Å². The molecule has 1 spiro atoms. The fraction of sp³-hybridized carbons (Fsp3) is 0.474. The summed E-state index contributed by atoms with van der Waals surface area (Å²) in [6.45, 7) is 0.183. The van der Waals surface area contributed by atoms with Gasteiger partial charge in [0.15, 0.2) is 0 Å². The summed E-state index contributed by atoms with van der Waals surface area (Å²) in [5.41, 5.74) is 0.312. The lowest BCUT2D eigenvalue weighted by Crippen LogP contribution is -2.41. The molecule has 1 aromatic heterocycles. The summed E-state index contributed by atoms with van der Waals surface area (Å²) in [5.74, 6) is -4.24. The third-order valence-corrected chi connectivity index (χ3v) is 6.25. The molecular formula is C19H19ClF2N2O3. The van der Waals surface area contributed by atoms with E-state index in [1.807, 2.05) is 0 Å². The summed E-state index contributed by atoms with van der Waals surface area (Å²) < 4.78 is 27.1. The largest absolute Gasteiger partial charge is 0.480 e. The number of hydrogen-bond donors (Lipinski definition) is 2. The summed E-state index contributed by atoms with van der Waals surface area (Å²) in [7, 11) is 0. The highest BCUT2D eigenvalue weighted by atomic mass is 35.5. The molecule has 8 heteroatoms. The van der Waals surface area contributed by atoms with Crippen molar-refractivity contribution in [2.24, 2.45) is 5.41 Å². The van der Waals surface area contributed by atoms with Crippen LogP contribution in [0.25, 0.3) is 10.9 Å². The van der Waals surface area contributed by atoms with E-state index in [4.69, 9.17) is 11.6 Å². The monoisotopic (exact) mass is 396 g/mol. The molecule has 0 bridgehead atoms. The Morgan fingerprint density at radius 2 is 1.93 bits per heavy atom. The Balaban J connectivity index is 1.63. The number of nitrogens with zero attached hydrogens (tertiary/aromatic N) is 1. The topological polar surface area (TPSA) is 73.4 Å². The zero-order valence-corrected chi connectivity index (χ0v) is 15.2. The van der Waals surface area contributed by atoms with Gasteiger partial charge in [-0.1, -0.05) is 23.7 Å². The molecule has 1 amide bonds. The van der Waals surface area contributed by atoms with Gasteiger partial charge in [0, 0.05) is 24.8 Å². The van der Waals surface area contributed by atoms with Crippen LogP contribution in [0.15, 0.2) is 24.3 Å². The van der Waals surface area contributed by atoms with Crippen molar-refractivity contribution in [2.75, 3.05) is 6.54 Å². The molecule has 2 fully saturated rings. The van der Waals surface area contributed by atoms with Crippen LogP contribution in [-0.4, -0.2) is 45.4 Å². The molecular weight excluding hydrogens is 378 g/mol. The van der Waals surface area contributed by atoms with Crippen molar-refractivity contribution in [3.05, 3.63) is 35.0 Å². The number of nitrogens with one attached hydrogen (secondary N) is 1. The average Bonchev–Trinajstić information content (AvgIpc) is 3.21. The van der Waals surface area contributed by atoms with E-state index < -0.39 is 29.3 Å². The van der Waals surface area contributed by atoms with Crippen molar-refractivity contribution in [2.45, 2.75) is 44.1 Å². The van der Waals surface area contributed by atoms with Crippen LogP contribution in [0.3, 0.4) is 0 Å². The average molecular weight is 397 g/mol. The number of aromatic amines is 1. The van der Waals surface area contributed by atoms with E-state index in [0.717, 1.165) is 5.39 Å². The number of halogens is 3. The molecule has 2 heterocycles. The number of amides is 1. The van der Waals surface area contributed by atoms with Crippen molar-refractivity contribution in [1.29, 1.82) is 0 Å². The Bertz CT molecular complexity index is 917. The number of carbonyl (C=O) groups is 2. The van der Waals surface area contributed by atoms with Crippen LogP contribution in [0.2, 0.25) is 5.02 Å². The SMILES string of the molecule is O=C(O)C1CC2(CCC(F)(F)CC2)CN1C(=O)c1cc2cccc(Cl)c2[nH]1. The fourth-order valence-corrected chi connectivity index (χ4v) is 4.62. The minimum atomic E-state index is -2.70. The highest BCUT2D eigenvalue weighted by molar-refractivity contribution is 6.35. The first kappa shape index (κ1) is 18.2. The van der Waals surface area contributed by atoms with Crippen molar-refractivity contribution >= 4 is 34.4 Å². The van der Waals surface area contributed by atoms with Gasteiger partial charge in [0.25, 0.3) is 5.91 Å². The first-order valence-electron chi connectivity index (χ1n) is 8.89. The zero-order valence-electron chi connectivity index (χ0n) is 14.5. The summed E-state index contributed by atoms with van der Waals surface area (Å²) in [6.07, 6.45) is 0.149. The number of H-pyrrole nitrogens is 1. The summed E-state index contributed by atoms with van der Waals surface area (Å²) in [5, 5.41) is 10.8. The Morgan fingerprint density at radius 3 is 2.56 bits per heavy atom. The zero-order chi connectivity index (χ0) is 19.4. The van der Waals surface area contributed by atoms with Gasteiger partial charge in [-0.3, -0.25) is 4.79 Å². The molecule has 1 atom stereocenters. The third kappa shape index (κ3) is 3.18. The smallest absolute Gasteiger partial charge is 0.326 e. The predicted molar refractivity (Wildman–Crippen MR) is 96.2 cm³/mol. The lowest BCUT2D eigenvalue weighted by atomic mass is 9.71. The highest BCUT2D eigenvalue weighted by Crippen LogP contribution is 2.50. The Labute approximate surface area is 159 Å². The summed E-state index contributed by atoms with van der Waals surface area (Å²) in [6, 6.07) is 5.90.